The average molecular weight is 386 g/mol. The molecule has 2 aromatic carbocycles. The maximum Gasteiger partial charge on any atom is 0.418 e. The van der Waals surface area contributed by atoms with Crippen molar-refractivity contribution in [1.82, 2.24) is 15.3 Å². The summed E-state index contributed by atoms with van der Waals surface area (Å²) in [5.41, 5.74) is -0.0662. The van der Waals surface area contributed by atoms with E-state index in [2.05, 4.69) is 20.6 Å². The number of anilines is 2. The zero-order valence-electron chi connectivity index (χ0n) is 14.9. The molecule has 2 N–H and O–H groups in total. The predicted octanol–water partition coefficient (Wildman–Crippen LogP) is 4.73. The van der Waals surface area contributed by atoms with Crippen molar-refractivity contribution in [3.63, 3.8) is 0 Å². The second-order valence-electron chi connectivity index (χ2n) is 6.04. The molecule has 1 aromatic heterocycles. The number of amides is 1. The first-order valence-electron chi connectivity index (χ1n) is 8.46. The van der Waals surface area contributed by atoms with Crippen LogP contribution in [0, 0.1) is 0 Å². The van der Waals surface area contributed by atoms with Crippen LogP contribution in [0.25, 0.3) is 0 Å². The fraction of sp³-hybridized carbons (Fsp3) is 0.150. The Balaban J connectivity index is 1.77. The van der Waals surface area contributed by atoms with E-state index < -0.39 is 17.6 Å². The third-order valence-electron chi connectivity index (χ3n) is 4.01. The summed E-state index contributed by atoms with van der Waals surface area (Å²) in [6, 6.07) is 15.5. The quantitative estimate of drug-likeness (QED) is 0.665. The third kappa shape index (κ3) is 4.64. The Morgan fingerprint density at radius 1 is 1.00 bits per heavy atom. The topological polar surface area (TPSA) is 66.9 Å². The molecule has 0 aliphatic rings. The van der Waals surface area contributed by atoms with Crippen molar-refractivity contribution in [2.24, 2.45) is 0 Å². The summed E-state index contributed by atoms with van der Waals surface area (Å²) in [6.07, 6.45) is -3.21. The van der Waals surface area contributed by atoms with Gasteiger partial charge in [-0.15, -0.1) is 0 Å². The Kier molecular flexibility index (Phi) is 5.58. The summed E-state index contributed by atoms with van der Waals surface area (Å²) in [5, 5.41) is 5.34. The van der Waals surface area contributed by atoms with Gasteiger partial charge in [0.2, 0.25) is 5.95 Å². The number of alkyl halides is 3. The number of hydrogen-bond acceptors (Lipinski definition) is 4. The molecule has 5 nitrogen and oxygen atoms in total. The molecule has 0 radical (unpaired) electrons. The molecule has 0 bridgehead atoms. The minimum atomic E-state index is -4.52. The van der Waals surface area contributed by atoms with Gasteiger partial charge < -0.3 is 10.6 Å². The predicted molar refractivity (Wildman–Crippen MR) is 99.1 cm³/mol. The molecule has 1 atom stereocenters. The molecule has 0 saturated carbocycles. The van der Waals surface area contributed by atoms with Gasteiger partial charge in [0, 0.05) is 6.20 Å². The first-order valence-corrected chi connectivity index (χ1v) is 8.46. The molecule has 0 aliphatic heterocycles. The second kappa shape index (κ2) is 8.08. The molecule has 1 heterocycles. The Morgan fingerprint density at radius 2 is 1.68 bits per heavy atom. The monoisotopic (exact) mass is 386 g/mol. The zero-order valence-corrected chi connectivity index (χ0v) is 14.9. The van der Waals surface area contributed by atoms with Gasteiger partial charge in [0.15, 0.2) is 0 Å². The number of carbonyl (C=O) groups excluding carboxylic acids is 1. The van der Waals surface area contributed by atoms with Crippen LogP contribution in [0.5, 0.6) is 0 Å². The summed E-state index contributed by atoms with van der Waals surface area (Å²) in [4.78, 5) is 20.4. The van der Waals surface area contributed by atoms with Crippen molar-refractivity contribution in [3.05, 3.63) is 83.7 Å². The van der Waals surface area contributed by atoms with E-state index in [1.807, 2.05) is 37.3 Å². The lowest BCUT2D eigenvalue weighted by atomic mass is 10.1. The molecule has 144 valence electrons. The van der Waals surface area contributed by atoms with Crippen LogP contribution in [0.3, 0.4) is 0 Å². The van der Waals surface area contributed by atoms with Crippen LogP contribution in [0.2, 0.25) is 0 Å². The average Bonchev–Trinajstić information content (AvgIpc) is 2.68. The minimum Gasteiger partial charge on any atom is -0.344 e. The Hall–Kier alpha value is -3.42. The number of aromatic nitrogens is 2. The van der Waals surface area contributed by atoms with Crippen LogP contribution in [0.1, 0.15) is 34.6 Å². The molecule has 0 aliphatic carbocycles. The molecule has 3 aromatic rings. The van der Waals surface area contributed by atoms with Gasteiger partial charge in [-0.05, 0) is 30.7 Å². The lowest BCUT2D eigenvalue weighted by Gasteiger charge is -2.15. The zero-order chi connectivity index (χ0) is 20.1. The number of hydrogen-bond donors (Lipinski definition) is 2. The van der Waals surface area contributed by atoms with Gasteiger partial charge in [0.1, 0.15) is 5.69 Å². The highest BCUT2D eigenvalue weighted by atomic mass is 19.4. The maximum atomic E-state index is 13.1. The van der Waals surface area contributed by atoms with Gasteiger partial charge in [-0.2, -0.15) is 13.2 Å². The van der Waals surface area contributed by atoms with Crippen LogP contribution >= 0.6 is 0 Å². The van der Waals surface area contributed by atoms with Gasteiger partial charge in [0.25, 0.3) is 5.91 Å². The van der Waals surface area contributed by atoms with Crippen LogP contribution in [-0.2, 0) is 6.18 Å². The van der Waals surface area contributed by atoms with E-state index in [1.165, 1.54) is 30.5 Å². The Morgan fingerprint density at radius 3 is 2.39 bits per heavy atom. The van der Waals surface area contributed by atoms with Gasteiger partial charge >= 0.3 is 6.18 Å². The summed E-state index contributed by atoms with van der Waals surface area (Å²) < 4.78 is 39.4. The van der Waals surface area contributed by atoms with Gasteiger partial charge in [-0.1, -0.05) is 42.5 Å². The number of nitrogens with zero attached hydrogens (tertiary/aromatic N) is 2. The number of nitrogens with one attached hydrogen (secondary N) is 2. The smallest absolute Gasteiger partial charge is 0.344 e. The van der Waals surface area contributed by atoms with Crippen molar-refractivity contribution < 1.29 is 18.0 Å². The second-order valence-corrected chi connectivity index (χ2v) is 6.04. The lowest BCUT2D eigenvalue weighted by molar-refractivity contribution is -0.136. The molecule has 8 heteroatoms. The highest BCUT2D eigenvalue weighted by molar-refractivity contribution is 5.92. The number of rotatable bonds is 5. The van der Waals surface area contributed by atoms with Crippen molar-refractivity contribution in [1.29, 1.82) is 0 Å². The minimum absolute atomic E-state index is 0.0461. The van der Waals surface area contributed by atoms with Crippen LogP contribution in [-0.4, -0.2) is 15.9 Å². The van der Waals surface area contributed by atoms with Crippen LogP contribution in [0.15, 0.2) is 66.9 Å². The van der Waals surface area contributed by atoms with Crippen molar-refractivity contribution in [3.8, 4) is 0 Å². The largest absolute Gasteiger partial charge is 0.418 e. The molecule has 0 spiro atoms. The van der Waals surface area contributed by atoms with E-state index in [4.69, 9.17) is 0 Å². The third-order valence-corrected chi connectivity index (χ3v) is 4.01. The number of benzene rings is 2. The van der Waals surface area contributed by atoms with Crippen molar-refractivity contribution >= 4 is 17.5 Å². The van der Waals surface area contributed by atoms with E-state index in [0.29, 0.717) is 0 Å². The van der Waals surface area contributed by atoms with Gasteiger partial charge in [-0.3, -0.25) is 4.79 Å². The molecular weight excluding hydrogens is 369 g/mol. The molecule has 1 amide bonds. The fourth-order valence-electron chi connectivity index (χ4n) is 2.60. The molecular formula is C20H17F3N4O. The number of halogens is 3. The SMILES string of the molecule is CC(NC(=O)c1ccnc(Nc2ccccc2C(F)(F)F)n1)c1ccccc1. The number of para-hydroxylation sites is 1. The molecule has 0 fully saturated rings. The fourth-order valence-corrected chi connectivity index (χ4v) is 2.60. The molecule has 28 heavy (non-hydrogen) atoms. The van der Waals surface area contributed by atoms with Crippen molar-refractivity contribution in [2.45, 2.75) is 19.1 Å². The maximum absolute atomic E-state index is 13.1. The Bertz CT molecular complexity index is 961. The molecule has 3 rings (SSSR count). The standard InChI is InChI=1S/C20H17F3N4O/c1-13(14-7-3-2-4-8-14)25-18(28)17-11-12-24-19(27-17)26-16-10-6-5-9-15(16)20(21,22)23/h2-13H,1H3,(H,25,28)(H,24,26,27). The summed E-state index contributed by atoms with van der Waals surface area (Å²) >= 11 is 0. The van der Waals surface area contributed by atoms with Crippen LogP contribution < -0.4 is 10.6 Å². The van der Waals surface area contributed by atoms with E-state index >= 15 is 0 Å². The first-order chi connectivity index (χ1) is 13.3. The highest BCUT2D eigenvalue weighted by Crippen LogP contribution is 2.35. The van der Waals surface area contributed by atoms with Gasteiger partial charge in [-0.25, -0.2) is 9.97 Å². The Labute approximate surface area is 159 Å². The van der Waals surface area contributed by atoms with Gasteiger partial charge in [0.05, 0.1) is 17.3 Å². The van der Waals surface area contributed by atoms with Crippen LogP contribution in [0.4, 0.5) is 24.8 Å². The van der Waals surface area contributed by atoms with E-state index in [1.54, 1.807) is 0 Å². The van der Waals surface area contributed by atoms with E-state index in [9.17, 15) is 18.0 Å². The summed E-state index contributed by atoms with van der Waals surface area (Å²) in [5.74, 6) is -0.553. The normalized spacial score (nSPS) is 12.3. The summed E-state index contributed by atoms with van der Waals surface area (Å²) in [6.45, 7) is 1.83. The van der Waals surface area contributed by atoms with E-state index in [0.717, 1.165) is 11.6 Å². The molecule has 1 unspecified atom stereocenters. The lowest BCUT2D eigenvalue weighted by Crippen LogP contribution is -2.27. The molecule has 0 saturated heterocycles. The van der Waals surface area contributed by atoms with Crippen molar-refractivity contribution in [2.75, 3.05) is 5.32 Å². The van der Waals surface area contributed by atoms with E-state index in [-0.39, 0.29) is 23.4 Å². The highest BCUT2D eigenvalue weighted by Gasteiger charge is 2.33. The number of carbonyl (C=O) groups is 1. The summed E-state index contributed by atoms with van der Waals surface area (Å²) in [7, 11) is 0. The first kappa shape index (κ1) is 19.3.